The number of anilines is 1. The SMILES string of the molecule is S=C(NCCN1CCOCC1)Nc1cc(Cl)ccc1Sc1ccccc1. The molecule has 0 radical (unpaired) electrons. The van der Waals surface area contributed by atoms with Crippen molar-refractivity contribution in [1.82, 2.24) is 10.2 Å². The lowest BCUT2D eigenvalue weighted by Crippen LogP contribution is -2.42. The van der Waals surface area contributed by atoms with Gasteiger partial charge in [-0.15, -0.1) is 0 Å². The van der Waals surface area contributed by atoms with Gasteiger partial charge in [0.05, 0.1) is 18.9 Å². The van der Waals surface area contributed by atoms with Crippen molar-refractivity contribution < 1.29 is 4.74 Å². The largest absolute Gasteiger partial charge is 0.379 e. The molecule has 0 unspecified atom stereocenters. The van der Waals surface area contributed by atoms with Gasteiger partial charge in [0, 0.05) is 41.0 Å². The Morgan fingerprint density at radius 3 is 2.69 bits per heavy atom. The number of hydrogen-bond donors (Lipinski definition) is 2. The van der Waals surface area contributed by atoms with Crippen LogP contribution in [0.4, 0.5) is 5.69 Å². The Hall–Kier alpha value is -1.31. The predicted molar refractivity (Wildman–Crippen MR) is 113 cm³/mol. The molecule has 2 aromatic carbocycles. The van der Waals surface area contributed by atoms with Crippen LogP contribution in [0.15, 0.2) is 58.3 Å². The first-order chi connectivity index (χ1) is 12.7. The number of benzene rings is 2. The average Bonchev–Trinajstić information content (AvgIpc) is 2.66. The standard InChI is InChI=1S/C19H22ClN3OS2/c20-15-6-7-18(26-16-4-2-1-3-5-16)17(14-15)22-19(25)21-8-9-23-10-12-24-13-11-23/h1-7,14H,8-13H2,(H2,21,22,25). The van der Waals surface area contributed by atoms with E-state index in [1.165, 1.54) is 4.90 Å². The molecular formula is C19H22ClN3OS2. The summed E-state index contributed by atoms with van der Waals surface area (Å²) in [5.74, 6) is 0. The van der Waals surface area contributed by atoms with Crippen molar-refractivity contribution in [1.29, 1.82) is 0 Å². The quantitative estimate of drug-likeness (QED) is 0.702. The second-order valence-corrected chi connectivity index (χ2v) is 7.85. The second kappa shape index (κ2) is 10.1. The summed E-state index contributed by atoms with van der Waals surface area (Å²) in [7, 11) is 0. The normalized spacial score (nSPS) is 14.8. The van der Waals surface area contributed by atoms with Gasteiger partial charge in [-0.2, -0.15) is 0 Å². The van der Waals surface area contributed by atoms with Crippen molar-refractivity contribution in [2.24, 2.45) is 0 Å². The zero-order valence-corrected chi connectivity index (χ0v) is 16.8. The molecule has 0 aromatic heterocycles. The lowest BCUT2D eigenvalue weighted by Gasteiger charge is -2.26. The molecule has 3 rings (SSSR count). The second-order valence-electron chi connectivity index (χ2n) is 5.89. The highest BCUT2D eigenvalue weighted by Crippen LogP contribution is 2.35. The van der Waals surface area contributed by atoms with Gasteiger partial charge in [0.2, 0.25) is 0 Å². The topological polar surface area (TPSA) is 36.5 Å². The van der Waals surface area contributed by atoms with Crippen LogP contribution in [-0.2, 0) is 4.74 Å². The monoisotopic (exact) mass is 407 g/mol. The molecule has 1 aliphatic rings. The van der Waals surface area contributed by atoms with Crippen molar-refractivity contribution >= 4 is 46.4 Å². The first kappa shape index (κ1) is 19.5. The maximum Gasteiger partial charge on any atom is 0.170 e. The van der Waals surface area contributed by atoms with E-state index in [-0.39, 0.29) is 0 Å². The predicted octanol–water partition coefficient (Wildman–Crippen LogP) is 4.11. The van der Waals surface area contributed by atoms with Gasteiger partial charge >= 0.3 is 0 Å². The van der Waals surface area contributed by atoms with Crippen molar-refractivity contribution in [3.05, 3.63) is 53.6 Å². The van der Waals surface area contributed by atoms with Crippen LogP contribution in [0.25, 0.3) is 0 Å². The fourth-order valence-corrected chi connectivity index (χ4v) is 3.91. The number of halogens is 1. The van der Waals surface area contributed by atoms with Gasteiger partial charge in [0.15, 0.2) is 5.11 Å². The van der Waals surface area contributed by atoms with E-state index in [9.17, 15) is 0 Å². The minimum Gasteiger partial charge on any atom is -0.379 e. The minimum atomic E-state index is 0.607. The summed E-state index contributed by atoms with van der Waals surface area (Å²) in [5.41, 5.74) is 0.912. The van der Waals surface area contributed by atoms with E-state index in [0.29, 0.717) is 10.1 Å². The van der Waals surface area contributed by atoms with Gasteiger partial charge in [-0.3, -0.25) is 4.90 Å². The highest BCUT2D eigenvalue weighted by molar-refractivity contribution is 7.99. The molecule has 0 saturated carbocycles. The van der Waals surface area contributed by atoms with Crippen molar-refractivity contribution in [3.63, 3.8) is 0 Å². The van der Waals surface area contributed by atoms with E-state index in [1.807, 2.05) is 36.4 Å². The highest BCUT2D eigenvalue weighted by atomic mass is 35.5. The maximum absolute atomic E-state index is 6.18. The van der Waals surface area contributed by atoms with Crippen LogP contribution in [0.1, 0.15) is 0 Å². The highest BCUT2D eigenvalue weighted by Gasteiger charge is 2.10. The number of rotatable bonds is 6. The van der Waals surface area contributed by atoms with Gasteiger partial charge in [-0.25, -0.2) is 0 Å². The fraction of sp³-hybridized carbons (Fsp3) is 0.316. The van der Waals surface area contributed by atoms with E-state index >= 15 is 0 Å². The minimum absolute atomic E-state index is 0.607. The number of hydrogen-bond acceptors (Lipinski definition) is 4. The summed E-state index contributed by atoms with van der Waals surface area (Å²) in [6.45, 7) is 5.33. The van der Waals surface area contributed by atoms with E-state index < -0.39 is 0 Å². The van der Waals surface area contributed by atoms with E-state index in [2.05, 4.69) is 27.7 Å². The van der Waals surface area contributed by atoms with Crippen molar-refractivity contribution in [2.45, 2.75) is 9.79 Å². The number of nitrogens with zero attached hydrogens (tertiary/aromatic N) is 1. The molecule has 1 heterocycles. The zero-order chi connectivity index (χ0) is 18.2. The first-order valence-corrected chi connectivity index (χ1v) is 10.2. The molecule has 2 N–H and O–H groups in total. The van der Waals surface area contributed by atoms with Crippen LogP contribution in [0.5, 0.6) is 0 Å². The fourth-order valence-electron chi connectivity index (χ4n) is 2.62. The molecule has 7 heteroatoms. The van der Waals surface area contributed by atoms with E-state index in [1.54, 1.807) is 11.8 Å². The molecule has 4 nitrogen and oxygen atoms in total. The third-order valence-corrected chi connectivity index (χ3v) is 5.54. The summed E-state index contributed by atoms with van der Waals surface area (Å²) in [6, 6.07) is 16.1. The van der Waals surface area contributed by atoms with Gasteiger partial charge in [0.1, 0.15) is 0 Å². The molecular weight excluding hydrogens is 386 g/mol. The Morgan fingerprint density at radius 2 is 1.92 bits per heavy atom. The Balaban J connectivity index is 1.55. The Labute approximate surface area is 169 Å². The molecule has 1 aliphatic heterocycles. The number of ether oxygens (including phenoxy) is 1. The Bertz CT molecular complexity index is 724. The zero-order valence-electron chi connectivity index (χ0n) is 14.4. The van der Waals surface area contributed by atoms with Crippen LogP contribution in [0.2, 0.25) is 5.02 Å². The Kier molecular flexibility index (Phi) is 7.58. The number of morpholine rings is 1. The van der Waals surface area contributed by atoms with Crippen LogP contribution in [-0.4, -0.2) is 49.4 Å². The van der Waals surface area contributed by atoms with Crippen LogP contribution < -0.4 is 10.6 Å². The summed E-state index contributed by atoms with van der Waals surface area (Å²) >= 11 is 13.3. The third-order valence-electron chi connectivity index (χ3n) is 3.98. The van der Waals surface area contributed by atoms with Gasteiger partial charge in [-0.05, 0) is 42.5 Å². The van der Waals surface area contributed by atoms with Gasteiger partial charge < -0.3 is 15.4 Å². The maximum atomic E-state index is 6.18. The average molecular weight is 408 g/mol. The van der Waals surface area contributed by atoms with E-state index in [4.69, 9.17) is 28.6 Å². The van der Waals surface area contributed by atoms with Crippen molar-refractivity contribution in [3.8, 4) is 0 Å². The van der Waals surface area contributed by atoms with Gasteiger partial charge in [-0.1, -0.05) is 41.6 Å². The van der Waals surface area contributed by atoms with E-state index in [0.717, 1.165) is 50.0 Å². The first-order valence-electron chi connectivity index (χ1n) is 8.58. The lowest BCUT2D eigenvalue weighted by atomic mass is 10.3. The summed E-state index contributed by atoms with van der Waals surface area (Å²) < 4.78 is 5.36. The molecule has 26 heavy (non-hydrogen) atoms. The van der Waals surface area contributed by atoms with Crippen LogP contribution >= 0.6 is 35.6 Å². The molecule has 0 aliphatic carbocycles. The molecule has 1 saturated heterocycles. The molecule has 0 atom stereocenters. The smallest absolute Gasteiger partial charge is 0.170 e. The summed E-state index contributed by atoms with van der Waals surface area (Å²) in [4.78, 5) is 4.62. The summed E-state index contributed by atoms with van der Waals surface area (Å²) in [5, 5.41) is 7.84. The van der Waals surface area contributed by atoms with Crippen LogP contribution in [0, 0.1) is 0 Å². The molecule has 0 spiro atoms. The van der Waals surface area contributed by atoms with Crippen LogP contribution in [0.3, 0.4) is 0 Å². The number of nitrogens with one attached hydrogen (secondary N) is 2. The molecule has 138 valence electrons. The lowest BCUT2D eigenvalue weighted by molar-refractivity contribution is 0.0389. The van der Waals surface area contributed by atoms with Crippen molar-refractivity contribution in [2.75, 3.05) is 44.7 Å². The molecule has 0 bridgehead atoms. The number of thiocarbonyl (C=S) groups is 1. The Morgan fingerprint density at radius 1 is 1.15 bits per heavy atom. The molecule has 1 fully saturated rings. The molecule has 0 amide bonds. The summed E-state index contributed by atoms with van der Waals surface area (Å²) in [6.07, 6.45) is 0. The third kappa shape index (κ3) is 6.14. The van der Waals surface area contributed by atoms with Gasteiger partial charge in [0.25, 0.3) is 0 Å². The molecule has 2 aromatic rings.